The zero-order valence-corrected chi connectivity index (χ0v) is 22.2. The molecule has 0 amide bonds. The average molecular weight is 557 g/mol. The van der Waals surface area contributed by atoms with Gasteiger partial charge in [-0.2, -0.15) is 14.2 Å². The Bertz CT molecular complexity index is 1440. The summed E-state index contributed by atoms with van der Waals surface area (Å²) in [5.41, 5.74) is 0.833. The minimum atomic E-state index is -1.57. The van der Waals surface area contributed by atoms with Crippen LogP contribution in [-0.2, 0) is 17.7 Å². The molecule has 13 heteroatoms. The van der Waals surface area contributed by atoms with Crippen molar-refractivity contribution in [2.24, 2.45) is 5.41 Å². The highest BCUT2D eigenvalue weighted by atomic mass is 32.2. The van der Waals surface area contributed by atoms with E-state index in [4.69, 9.17) is 4.74 Å². The van der Waals surface area contributed by atoms with Gasteiger partial charge < -0.3 is 9.64 Å². The summed E-state index contributed by atoms with van der Waals surface area (Å²) in [5.74, 6) is -0.658. The summed E-state index contributed by atoms with van der Waals surface area (Å²) < 4.78 is 38.5. The van der Waals surface area contributed by atoms with Gasteiger partial charge in [-0.3, -0.25) is 14.9 Å². The van der Waals surface area contributed by atoms with E-state index in [0.717, 1.165) is 25.0 Å². The Morgan fingerprint density at radius 3 is 2.54 bits per heavy atom. The van der Waals surface area contributed by atoms with E-state index in [9.17, 15) is 23.5 Å². The summed E-state index contributed by atoms with van der Waals surface area (Å²) in [4.78, 5) is 25.7. The van der Waals surface area contributed by atoms with Crippen molar-refractivity contribution in [2.75, 3.05) is 37.7 Å². The molecule has 206 valence electrons. The van der Waals surface area contributed by atoms with Crippen molar-refractivity contribution in [1.29, 1.82) is 0 Å². The van der Waals surface area contributed by atoms with E-state index >= 15 is 0 Å². The molecule has 0 spiro atoms. The predicted molar refractivity (Wildman–Crippen MR) is 144 cm³/mol. The van der Waals surface area contributed by atoms with E-state index in [1.54, 1.807) is 10.5 Å². The second-order valence-electron chi connectivity index (χ2n) is 10.0. The van der Waals surface area contributed by atoms with Crippen LogP contribution in [0.3, 0.4) is 0 Å². The molecule has 2 aliphatic rings. The molecule has 0 bridgehead atoms. The number of nitro benzene ring substituents is 1. The van der Waals surface area contributed by atoms with Gasteiger partial charge in [0.25, 0.3) is 0 Å². The molecule has 1 N–H and O–H groups in total. The van der Waals surface area contributed by atoms with Crippen LogP contribution in [0.15, 0.2) is 59.5 Å². The number of benzene rings is 2. The fourth-order valence-electron chi connectivity index (χ4n) is 4.29. The maximum absolute atomic E-state index is 13.6. The highest BCUT2D eigenvalue weighted by Crippen LogP contribution is 2.45. The molecule has 3 aromatic rings. The number of hydrogen-bond acceptors (Lipinski definition) is 7. The van der Waals surface area contributed by atoms with Gasteiger partial charge in [-0.05, 0) is 36.6 Å². The lowest BCUT2D eigenvalue weighted by atomic mass is 10.2. The molecular weight excluding hydrogens is 527 g/mol. The van der Waals surface area contributed by atoms with Gasteiger partial charge in [0.1, 0.15) is 5.69 Å². The standard InChI is InChI=1S/C26H29FN6O5S/c1-26(9-10-26)18-38-24-23(17-28-32(25(24)34)20-5-3-2-4-6-20)30-11-13-31(14-12-30)39(37)29-16-19-7-8-21(27)22(15-19)33(35)36/h2-8,15,17,29H,9-14,16,18H2,1H3. The Balaban J connectivity index is 1.26. The van der Waals surface area contributed by atoms with Gasteiger partial charge in [0.05, 0.1) is 23.4 Å². The number of piperazine rings is 1. The van der Waals surface area contributed by atoms with Gasteiger partial charge in [-0.1, -0.05) is 31.2 Å². The molecule has 1 aromatic heterocycles. The van der Waals surface area contributed by atoms with Crippen molar-refractivity contribution in [3.05, 3.63) is 86.6 Å². The number of aromatic nitrogens is 2. The molecule has 1 aliphatic heterocycles. The van der Waals surface area contributed by atoms with Crippen LogP contribution < -0.4 is 19.9 Å². The lowest BCUT2D eigenvalue weighted by molar-refractivity contribution is -0.387. The molecular formula is C26H29FN6O5S. The molecule has 1 saturated heterocycles. The molecule has 39 heavy (non-hydrogen) atoms. The van der Waals surface area contributed by atoms with Gasteiger partial charge in [0.2, 0.25) is 11.6 Å². The number of nitrogens with zero attached hydrogens (tertiary/aromatic N) is 5. The first-order chi connectivity index (χ1) is 18.7. The van der Waals surface area contributed by atoms with Crippen LogP contribution in [0.1, 0.15) is 25.3 Å². The van der Waals surface area contributed by atoms with E-state index in [1.807, 2.05) is 35.2 Å². The smallest absolute Gasteiger partial charge is 0.316 e. The van der Waals surface area contributed by atoms with E-state index in [1.165, 1.54) is 10.7 Å². The zero-order chi connectivity index (χ0) is 27.6. The van der Waals surface area contributed by atoms with Crippen molar-refractivity contribution in [1.82, 2.24) is 18.8 Å². The third-order valence-electron chi connectivity index (χ3n) is 7.00. The van der Waals surface area contributed by atoms with E-state index in [2.05, 4.69) is 16.7 Å². The van der Waals surface area contributed by atoms with Crippen LogP contribution in [0.4, 0.5) is 15.8 Å². The molecule has 1 aliphatic carbocycles. The van der Waals surface area contributed by atoms with Crippen LogP contribution in [0.5, 0.6) is 5.75 Å². The van der Waals surface area contributed by atoms with Gasteiger partial charge >= 0.3 is 11.2 Å². The summed E-state index contributed by atoms with van der Waals surface area (Å²) in [6.45, 7) is 4.49. The first kappa shape index (κ1) is 26.9. The van der Waals surface area contributed by atoms with Gasteiger partial charge in [0.15, 0.2) is 11.2 Å². The van der Waals surface area contributed by atoms with Crippen LogP contribution in [0, 0.1) is 21.3 Å². The van der Waals surface area contributed by atoms with Crippen LogP contribution >= 0.6 is 0 Å². The van der Waals surface area contributed by atoms with Crippen LogP contribution in [-0.4, -0.2) is 56.0 Å². The summed E-state index contributed by atoms with van der Waals surface area (Å²) >= 11 is -1.57. The minimum Gasteiger partial charge on any atom is -0.486 e. The summed E-state index contributed by atoms with van der Waals surface area (Å²) in [7, 11) is 0. The summed E-state index contributed by atoms with van der Waals surface area (Å²) in [5, 5.41) is 15.4. The number of anilines is 1. The molecule has 1 atom stereocenters. The molecule has 5 rings (SSSR count). The average Bonchev–Trinajstić information content (AvgIpc) is 3.69. The Kier molecular flexibility index (Phi) is 7.73. The van der Waals surface area contributed by atoms with Crippen LogP contribution in [0.2, 0.25) is 0 Å². The van der Waals surface area contributed by atoms with Crippen molar-refractivity contribution < 1.29 is 18.3 Å². The Morgan fingerprint density at radius 1 is 1.15 bits per heavy atom. The van der Waals surface area contributed by atoms with Gasteiger partial charge in [0, 0.05) is 44.2 Å². The number of nitrogens with one attached hydrogen (secondary N) is 1. The van der Waals surface area contributed by atoms with Gasteiger partial charge in [-0.15, -0.1) is 0 Å². The van der Waals surface area contributed by atoms with Crippen molar-refractivity contribution in [3.63, 3.8) is 0 Å². The first-order valence-corrected chi connectivity index (χ1v) is 13.7. The number of ether oxygens (including phenoxy) is 1. The Morgan fingerprint density at radius 2 is 1.87 bits per heavy atom. The Hall–Kier alpha value is -3.68. The molecule has 0 radical (unpaired) electrons. The van der Waals surface area contributed by atoms with E-state index < -0.39 is 27.6 Å². The first-order valence-electron chi connectivity index (χ1n) is 12.6. The molecule has 1 saturated carbocycles. The third kappa shape index (κ3) is 6.15. The SMILES string of the molecule is CC1(COc2c(N3CCN(S(=O)NCc4ccc(F)c([N+](=O)[O-])c4)CC3)cnn(-c3ccccc3)c2=O)CC1. The highest BCUT2D eigenvalue weighted by Gasteiger charge is 2.39. The van der Waals surface area contributed by atoms with Crippen molar-refractivity contribution in [3.8, 4) is 11.4 Å². The summed E-state index contributed by atoms with van der Waals surface area (Å²) in [6.07, 6.45) is 3.76. The number of hydrogen-bond donors (Lipinski definition) is 1. The number of halogens is 1. The number of para-hydroxylation sites is 1. The maximum Gasteiger partial charge on any atom is 0.316 e. The third-order valence-corrected chi connectivity index (χ3v) is 8.23. The quantitative estimate of drug-likeness (QED) is 0.301. The predicted octanol–water partition coefficient (Wildman–Crippen LogP) is 2.95. The highest BCUT2D eigenvalue weighted by molar-refractivity contribution is 7.80. The molecule has 2 fully saturated rings. The molecule has 2 aromatic carbocycles. The Labute approximate surface area is 227 Å². The fraction of sp³-hybridized carbons (Fsp3) is 0.385. The molecule has 1 unspecified atom stereocenters. The van der Waals surface area contributed by atoms with Gasteiger partial charge in [-0.25, -0.2) is 13.2 Å². The summed E-state index contributed by atoms with van der Waals surface area (Å²) in [6, 6.07) is 12.7. The lowest BCUT2D eigenvalue weighted by Gasteiger charge is -2.35. The normalized spacial score (nSPS) is 17.5. The topological polar surface area (TPSA) is 123 Å². The fourth-order valence-corrected chi connectivity index (χ4v) is 5.25. The molecule has 2 heterocycles. The van der Waals surface area contributed by atoms with E-state index in [-0.39, 0.29) is 23.3 Å². The monoisotopic (exact) mass is 556 g/mol. The minimum absolute atomic E-state index is 0.0757. The molecule has 11 nitrogen and oxygen atoms in total. The second kappa shape index (κ2) is 11.2. The van der Waals surface area contributed by atoms with Crippen molar-refractivity contribution in [2.45, 2.75) is 26.3 Å². The second-order valence-corrected chi connectivity index (χ2v) is 11.3. The lowest BCUT2D eigenvalue weighted by Crippen LogP contribution is -2.49. The van der Waals surface area contributed by atoms with E-state index in [0.29, 0.717) is 49.7 Å². The maximum atomic E-state index is 13.6. The largest absolute Gasteiger partial charge is 0.486 e. The number of nitro groups is 1. The zero-order valence-electron chi connectivity index (χ0n) is 21.4. The number of rotatable bonds is 10. The van der Waals surface area contributed by atoms with Crippen molar-refractivity contribution >= 4 is 22.5 Å². The van der Waals surface area contributed by atoms with Crippen LogP contribution in [0.25, 0.3) is 5.69 Å².